The van der Waals surface area contributed by atoms with E-state index in [9.17, 15) is 19.0 Å². The minimum Gasteiger partial charge on any atom is -0.756 e. The first-order valence-corrected chi connectivity index (χ1v) is 26.5. The molecule has 0 aromatic heterocycles. The molecule has 0 fully saturated rings. The SMILES string of the molecule is CCCCC/C=C\C/C=C\C/C=C\CCCCCCCCC(=O)OC(COC(=O)CCCCCCCCCCC/C=C\C/C=C\CCCCC)COP(=O)([O-])OCC[N+](C)(C)C. The fraction of sp³-hybridized carbons (Fsp3) is 0.769. The van der Waals surface area contributed by atoms with Crippen LogP contribution in [0.3, 0.4) is 0 Å². The van der Waals surface area contributed by atoms with Gasteiger partial charge in [0.05, 0.1) is 27.7 Å². The predicted molar refractivity (Wildman–Crippen MR) is 259 cm³/mol. The average Bonchev–Trinajstić information content (AvgIpc) is 3.23. The first kappa shape index (κ1) is 59.7. The van der Waals surface area contributed by atoms with E-state index in [1.807, 2.05) is 21.1 Å². The van der Waals surface area contributed by atoms with E-state index in [4.69, 9.17) is 18.5 Å². The molecule has 0 saturated carbocycles. The maximum Gasteiger partial charge on any atom is 0.306 e. The van der Waals surface area contributed by atoms with Crippen LogP contribution in [-0.2, 0) is 32.7 Å². The lowest BCUT2D eigenvalue weighted by molar-refractivity contribution is -0.870. The Bertz CT molecular complexity index is 1240. The Morgan fingerprint density at radius 3 is 1.29 bits per heavy atom. The quantitative estimate of drug-likeness (QED) is 0.0195. The minimum absolute atomic E-state index is 0.0365. The molecule has 0 aliphatic carbocycles. The Kier molecular flexibility index (Phi) is 42.3. The van der Waals surface area contributed by atoms with Crippen molar-refractivity contribution in [3.63, 3.8) is 0 Å². The van der Waals surface area contributed by atoms with Gasteiger partial charge in [0.15, 0.2) is 6.10 Å². The third kappa shape index (κ3) is 47.2. The number of allylic oxidation sites excluding steroid dienone is 10. The first-order valence-electron chi connectivity index (χ1n) is 25.0. The molecule has 0 saturated heterocycles. The van der Waals surface area contributed by atoms with Crippen LogP contribution in [0.4, 0.5) is 0 Å². The van der Waals surface area contributed by atoms with Gasteiger partial charge in [-0.15, -0.1) is 0 Å². The fourth-order valence-electron chi connectivity index (χ4n) is 6.57. The van der Waals surface area contributed by atoms with Crippen LogP contribution in [0, 0.1) is 0 Å². The molecular formula is C52H94NO8P. The van der Waals surface area contributed by atoms with Crippen LogP contribution in [0.15, 0.2) is 60.8 Å². The van der Waals surface area contributed by atoms with Crippen LogP contribution in [0.1, 0.15) is 206 Å². The second-order valence-electron chi connectivity index (χ2n) is 17.8. The number of hydrogen-bond donors (Lipinski definition) is 0. The standard InChI is InChI=1S/C52H94NO8P/c1-6-8-10-12-14-16-18-20-22-24-26-28-30-32-34-36-38-40-42-44-51(54)58-48-50(49-60-62(56,57)59-47-46-53(3,4)5)61-52(55)45-43-41-39-37-35-33-31-29-27-25-23-21-19-17-15-13-11-9-7-2/h14-17,20-23,27,29,50H,6-13,18-19,24-26,28,30-49H2,1-5H3/b16-14-,17-15-,22-20-,23-21-,29-27-. The third-order valence-corrected chi connectivity index (χ3v) is 11.5. The minimum atomic E-state index is -4.64. The summed E-state index contributed by atoms with van der Waals surface area (Å²) in [5.74, 6) is -0.854. The molecule has 10 heteroatoms. The van der Waals surface area contributed by atoms with E-state index in [0.29, 0.717) is 17.4 Å². The molecule has 0 N–H and O–H groups in total. The number of unbranched alkanes of at least 4 members (excludes halogenated alkanes) is 21. The van der Waals surface area contributed by atoms with Gasteiger partial charge in [0.25, 0.3) is 7.82 Å². The van der Waals surface area contributed by atoms with Gasteiger partial charge >= 0.3 is 11.9 Å². The highest BCUT2D eigenvalue weighted by Crippen LogP contribution is 2.38. The molecule has 0 aromatic carbocycles. The molecule has 0 aliphatic rings. The maximum atomic E-state index is 12.7. The van der Waals surface area contributed by atoms with Crippen molar-refractivity contribution in [1.29, 1.82) is 0 Å². The molecule has 0 aliphatic heterocycles. The van der Waals surface area contributed by atoms with Gasteiger partial charge in [0, 0.05) is 12.8 Å². The Morgan fingerprint density at radius 1 is 0.500 bits per heavy atom. The number of rotatable bonds is 45. The maximum absolute atomic E-state index is 12.7. The van der Waals surface area contributed by atoms with Crippen LogP contribution in [-0.4, -0.2) is 70.0 Å². The summed E-state index contributed by atoms with van der Waals surface area (Å²) < 4.78 is 34.0. The van der Waals surface area contributed by atoms with Gasteiger partial charge in [-0.25, -0.2) is 0 Å². The van der Waals surface area contributed by atoms with Crippen molar-refractivity contribution in [2.45, 2.75) is 213 Å². The Balaban J connectivity index is 4.31. The van der Waals surface area contributed by atoms with Gasteiger partial charge < -0.3 is 27.9 Å². The molecule has 0 bridgehead atoms. The Morgan fingerprint density at radius 2 is 0.871 bits per heavy atom. The molecule has 360 valence electrons. The number of quaternary nitrogens is 1. The zero-order valence-corrected chi connectivity index (χ0v) is 41.4. The number of nitrogens with zero attached hydrogens (tertiary/aromatic N) is 1. The van der Waals surface area contributed by atoms with Crippen LogP contribution < -0.4 is 4.89 Å². The number of phosphoric ester groups is 1. The van der Waals surface area contributed by atoms with Crippen LogP contribution >= 0.6 is 7.82 Å². The summed E-state index contributed by atoms with van der Waals surface area (Å²) in [7, 11) is 1.15. The smallest absolute Gasteiger partial charge is 0.306 e. The molecule has 62 heavy (non-hydrogen) atoms. The largest absolute Gasteiger partial charge is 0.756 e. The van der Waals surface area contributed by atoms with E-state index in [1.165, 1.54) is 83.5 Å². The average molecular weight is 892 g/mol. The Hall–Kier alpha value is -2.29. The topological polar surface area (TPSA) is 111 Å². The van der Waals surface area contributed by atoms with Gasteiger partial charge in [-0.1, -0.05) is 171 Å². The number of carbonyl (C=O) groups is 2. The summed E-state index contributed by atoms with van der Waals surface area (Å²) in [6.07, 6.45) is 53.8. The number of esters is 2. The molecule has 0 heterocycles. The predicted octanol–water partition coefficient (Wildman–Crippen LogP) is 14.2. The Labute approximate surface area is 381 Å². The number of phosphoric acid groups is 1. The van der Waals surface area contributed by atoms with Crippen molar-refractivity contribution < 1.29 is 42.1 Å². The van der Waals surface area contributed by atoms with E-state index in [-0.39, 0.29) is 26.1 Å². The first-order chi connectivity index (χ1) is 30.0. The van der Waals surface area contributed by atoms with Crippen molar-refractivity contribution in [3.05, 3.63) is 60.8 Å². The van der Waals surface area contributed by atoms with E-state index < -0.39 is 32.5 Å². The molecule has 0 amide bonds. The second-order valence-corrected chi connectivity index (χ2v) is 19.2. The summed E-state index contributed by atoms with van der Waals surface area (Å²) in [5, 5.41) is 0. The van der Waals surface area contributed by atoms with Crippen molar-refractivity contribution in [3.8, 4) is 0 Å². The lowest BCUT2D eigenvalue weighted by atomic mass is 10.1. The third-order valence-electron chi connectivity index (χ3n) is 10.5. The molecule has 2 atom stereocenters. The van der Waals surface area contributed by atoms with Crippen LogP contribution in [0.2, 0.25) is 0 Å². The fourth-order valence-corrected chi connectivity index (χ4v) is 7.30. The summed E-state index contributed by atoms with van der Waals surface area (Å²) in [6.45, 7) is 4.16. The lowest BCUT2D eigenvalue weighted by Gasteiger charge is -2.28. The highest BCUT2D eigenvalue weighted by atomic mass is 31.2. The summed E-state index contributed by atoms with van der Waals surface area (Å²) in [5.41, 5.74) is 0. The number of hydrogen-bond acceptors (Lipinski definition) is 8. The van der Waals surface area contributed by atoms with Crippen molar-refractivity contribution >= 4 is 19.8 Å². The normalized spacial score (nSPS) is 14.0. The van der Waals surface area contributed by atoms with Crippen molar-refractivity contribution in [1.82, 2.24) is 0 Å². The van der Waals surface area contributed by atoms with Gasteiger partial charge in [-0.2, -0.15) is 0 Å². The molecule has 0 aromatic rings. The van der Waals surface area contributed by atoms with Crippen molar-refractivity contribution in [2.24, 2.45) is 0 Å². The highest BCUT2D eigenvalue weighted by Gasteiger charge is 2.21. The summed E-state index contributed by atoms with van der Waals surface area (Å²) in [6, 6.07) is 0. The molecule has 9 nitrogen and oxygen atoms in total. The van der Waals surface area contributed by atoms with Gasteiger partial charge in [-0.3, -0.25) is 14.2 Å². The number of carbonyl (C=O) groups excluding carboxylic acids is 2. The van der Waals surface area contributed by atoms with E-state index in [0.717, 1.165) is 89.9 Å². The molecule has 0 spiro atoms. The lowest BCUT2D eigenvalue weighted by Crippen LogP contribution is -2.37. The number of ether oxygens (including phenoxy) is 2. The van der Waals surface area contributed by atoms with E-state index >= 15 is 0 Å². The van der Waals surface area contributed by atoms with Gasteiger partial charge in [0.1, 0.15) is 19.8 Å². The molecule has 0 rings (SSSR count). The second kappa shape index (κ2) is 43.9. The molecule has 0 radical (unpaired) electrons. The zero-order valence-electron chi connectivity index (χ0n) is 40.6. The zero-order chi connectivity index (χ0) is 45.7. The van der Waals surface area contributed by atoms with Gasteiger partial charge in [-0.05, 0) is 83.5 Å². The summed E-state index contributed by atoms with van der Waals surface area (Å²) in [4.78, 5) is 37.7. The van der Waals surface area contributed by atoms with E-state index in [1.54, 1.807) is 0 Å². The number of likely N-dealkylation sites (N-methyl/N-ethyl adjacent to an activating group) is 1. The highest BCUT2D eigenvalue weighted by molar-refractivity contribution is 7.45. The summed E-state index contributed by atoms with van der Waals surface area (Å²) >= 11 is 0. The van der Waals surface area contributed by atoms with Crippen LogP contribution in [0.25, 0.3) is 0 Å². The molecule has 2 unspecified atom stereocenters. The van der Waals surface area contributed by atoms with Crippen LogP contribution in [0.5, 0.6) is 0 Å². The monoisotopic (exact) mass is 892 g/mol. The van der Waals surface area contributed by atoms with Crippen molar-refractivity contribution in [2.75, 3.05) is 47.5 Å². The molecular weight excluding hydrogens is 798 g/mol. The van der Waals surface area contributed by atoms with Gasteiger partial charge in [0.2, 0.25) is 0 Å². The van der Waals surface area contributed by atoms with E-state index in [2.05, 4.69) is 74.6 Å².